The molecule has 5 aromatic rings. The maximum absolute atomic E-state index is 14.0. The third kappa shape index (κ3) is 4.69. The largest absolute Gasteiger partial charge is 0.497 e. The minimum atomic E-state index is -0.0455. The zero-order valence-corrected chi connectivity index (χ0v) is 24.7. The second kappa shape index (κ2) is 10.7. The molecular formula is C32H31N3O3S2. The number of nitrogens with zero attached hydrogens (tertiary/aromatic N) is 3. The van der Waals surface area contributed by atoms with Crippen molar-refractivity contribution in [2.75, 3.05) is 12.9 Å². The second-order valence-corrected chi connectivity index (χ2v) is 12.5. The highest BCUT2D eigenvalue weighted by molar-refractivity contribution is 7.99. The van der Waals surface area contributed by atoms with E-state index < -0.39 is 0 Å². The first kappa shape index (κ1) is 26.6. The first-order valence-electron chi connectivity index (χ1n) is 13.5. The number of benzene rings is 2. The number of hydrogen-bond acceptors (Lipinski definition) is 6. The van der Waals surface area contributed by atoms with Gasteiger partial charge in [-0.05, 0) is 87.1 Å². The highest BCUT2D eigenvalue weighted by Gasteiger charge is 2.26. The number of carbonyl (C=O) groups excluding carboxylic acids is 1. The van der Waals surface area contributed by atoms with E-state index in [2.05, 4.69) is 11.5 Å². The van der Waals surface area contributed by atoms with Crippen LogP contribution in [0.15, 0.2) is 70.6 Å². The Kier molecular flexibility index (Phi) is 7.15. The van der Waals surface area contributed by atoms with E-state index in [-0.39, 0.29) is 17.1 Å². The summed E-state index contributed by atoms with van der Waals surface area (Å²) in [6.07, 6.45) is 2.99. The highest BCUT2D eigenvalue weighted by Crippen LogP contribution is 2.37. The Morgan fingerprint density at radius 2 is 1.80 bits per heavy atom. The molecule has 1 atom stereocenters. The minimum Gasteiger partial charge on any atom is -0.497 e. The summed E-state index contributed by atoms with van der Waals surface area (Å²) in [4.78, 5) is 34.6. The Bertz CT molecular complexity index is 1780. The molecule has 40 heavy (non-hydrogen) atoms. The molecule has 1 aliphatic rings. The summed E-state index contributed by atoms with van der Waals surface area (Å²) < 4.78 is 9.06. The van der Waals surface area contributed by atoms with E-state index in [9.17, 15) is 9.59 Å². The average Bonchev–Trinajstić information content (AvgIpc) is 3.47. The number of fused-ring (bicyclic) bond motifs is 3. The standard InChI is InChI=1S/C32H31N3O3S2/c1-19-10-15-25-28(16-19)40-30-29(25)31(37)35(22-8-6-5-7-9-22)32(33-30)39-18-27(36)26-17-20(2)34(21(26)3)23-11-13-24(38-4)14-12-23/h5-9,11-14,17,19H,10,15-16,18H2,1-4H3/t19-/m0/s1. The predicted molar refractivity (Wildman–Crippen MR) is 163 cm³/mol. The van der Waals surface area contributed by atoms with Crippen molar-refractivity contribution in [3.8, 4) is 17.1 Å². The highest BCUT2D eigenvalue weighted by atomic mass is 32.2. The molecular weight excluding hydrogens is 539 g/mol. The van der Waals surface area contributed by atoms with Crippen LogP contribution >= 0.6 is 23.1 Å². The van der Waals surface area contributed by atoms with Crippen LogP contribution in [0.1, 0.15) is 45.5 Å². The summed E-state index contributed by atoms with van der Waals surface area (Å²) in [6, 6.07) is 19.4. The number of aryl methyl sites for hydroxylation is 2. The van der Waals surface area contributed by atoms with E-state index in [1.54, 1.807) is 23.0 Å². The summed E-state index contributed by atoms with van der Waals surface area (Å²) in [7, 11) is 1.65. The van der Waals surface area contributed by atoms with E-state index in [0.29, 0.717) is 16.6 Å². The number of thiophene rings is 1. The van der Waals surface area contributed by atoms with Crippen LogP contribution in [0, 0.1) is 19.8 Å². The van der Waals surface area contributed by atoms with Crippen LogP contribution in [-0.4, -0.2) is 32.8 Å². The molecule has 1 aliphatic carbocycles. The normalized spacial score (nSPS) is 14.8. The Morgan fingerprint density at radius 1 is 1.07 bits per heavy atom. The number of ketones is 1. The summed E-state index contributed by atoms with van der Waals surface area (Å²) in [5.41, 5.74) is 5.40. The second-order valence-electron chi connectivity index (χ2n) is 10.4. The molecule has 0 saturated carbocycles. The summed E-state index contributed by atoms with van der Waals surface area (Å²) >= 11 is 2.97. The summed E-state index contributed by atoms with van der Waals surface area (Å²) in [5, 5.41) is 1.29. The Morgan fingerprint density at radius 3 is 2.52 bits per heavy atom. The number of methoxy groups -OCH3 is 1. The van der Waals surface area contributed by atoms with Gasteiger partial charge in [-0.2, -0.15) is 0 Å². The number of hydrogen-bond donors (Lipinski definition) is 0. The topological polar surface area (TPSA) is 66.1 Å². The van der Waals surface area contributed by atoms with Gasteiger partial charge in [0, 0.05) is 27.5 Å². The van der Waals surface area contributed by atoms with Crippen molar-refractivity contribution in [1.29, 1.82) is 0 Å². The van der Waals surface area contributed by atoms with Gasteiger partial charge in [0.25, 0.3) is 5.56 Å². The molecule has 0 amide bonds. The van der Waals surface area contributed by atoms with Crippen LogP contribution in [-0.2, 0) is 12.8 Å². The van der Waals surface area contributed by atoms with E-state index in [4.69, 9.17) is 9.72 Å². The number of para-hydroxylation sites is 1. The smallest absolute Gasteiger partial charge is 0.267 e. The van der Waals surface area contributed by atoms with Crippen molar-refractivity contribution in [2.45, 2.75) is 45.2 Å². The van der Waals surface area contributed by atoms with Gasteiger partial charge in [-0.15, -0.1) is 11.3 Å². The molecule has 0 spiro atoms. The van der Waals surface area contributed by atoms with Gasteiger partial charge in [0.1, 0.15) is 10.6 Å². The fraction of sp³-hybridized carbons (Fsp3) is 0.281. The number of Topliss-reactive ketones (excluding diaryl/α,β-unsaturated/α-hetero) is 1. The molecule has 8 heteroatoms. The lowest BCUT2D eigenvalue weighted by Gasteiger charge is -2.17. The molecule has 204 valence electrons. The molecule has 6 nitrogen and oxygen atoms in total. The molecule has 0 bridgehead atoms. The molecule has 3 heterocycles. The van der Waals surface area contributed by atoms with E-state index in [1.165, 1.54) is 22.2 Å². The van der Waals surface area contributed by atoms with E-state index >= 15 is 0 Å². The van der Waals surface area contributed by atoms with Crippen LogP contribution in [0.5, 0.6) is 5.75 Å². The number of thioether (sulfide) groups is 1. The Balaban J connectivity index is 1.36. The number of ether oxygens (including phenoxy) is 1. The van der Waals surface area contributed by atoms with Crippen molar-refractivity contribution in [1.82, 2.24) is 14.1 Å². The zero-order chi connectivity index (χ0) is 28.0. The number of carbonyl (C=O) groups is 1. The van der Waals surface area contributed by atoms with Crippen molar-refractivity contribution in [3.63, 3.8) is 0 Å². The SMILES string of the molecule is COc1ccc(-n2c(C)cc(C(=O)CSc3nc4sc5c(c4c(=O)n3-c3ccccc3)CC[C@H](C)C5)c2C)cc1. The lowest BCUT2D eigenvalue weighted by atomic mass is 9.89. The average molecular weight is 570 g/mol. The van der Waals surface area contributed by atoms with Crippen LogP contribution < -0.4 is 10.3 Å². The predicted octanol–water partition coefficient (Wildman–Crippen LogP) is 6.96. The van der Waals surface area contributed by atoms with Gasteiger partial charge in [0.2, 0.25) is 0 Å². The third-order valence-electron chi connectivity index (χ3n) is 7.71. The summed E-state index contributed by atoms with van der Waals surface area (Å²) in [5.74, 6) is 1.58. The molecule has 3 aromatic heterocycles. The minimum absolute atomic E-state index is 0.00566. The first-order valence-corrected chi connectivity index (χ1v) is 15.3. The van der Waals surface area contributed by atoms with E-state index in [0.717, 1.165) is 58.0 Å². The molecule has 6 rings (SSSR count). The molecule has 0 fully saturated rings. The van der Waals surface area contributed by atoms with Crippen molar-refractivity contribution < 1.29 is 9.53 Å². The van der Waals surface area contributed by atoms with Crippen LogP contribution in [0.3, 0.4) is 0 Å². The molecule has 0 radical (unpaired) electrons. The third-order valence-corrected chi connectivity index (χ3v) is 9.79. The Labute approximate surface area is 241 Å². The lowest BCUT2D eigenvalue weighted by molar-refractivity contribution is 0.102. The van der Waals surface area contributed by atoms with Gasteiger partial charge < -0.3 is 9.30 Å². The number of aromatic nitrogens is 3. The van der Waals surface area contributed by atoms with Crippen LogP contribution in [0.4, 0.5) is 0 Å². The van der Waals surface area contributed by atoms with Gasteiger partial charge in [-0.1, -0.05) is 36.9 Å². The van der Waals surface area contributed by atoms with Gasteiger partial charge >= 0.3 is 0 Å². The summed E-state index contributed by atoms with van der Waals surface area (Å²) in [6.45, 7) is 6.24. The molecule has 0 N–H and O–H groups in total. The van der Waals surface area contributed by atoms with Gasteiger partial charge in [0.05, 0.1) is 23.9 Å². The maximum Gasteiger partial charge on any atom is 0.267 e. The Hall–Kier alpha value is -3.62. The van der Waals surface area contributed by atoms with Gasteiger partial charge in [0.15, 0.2) is 10.9 Å². The van der Waals surface area contributed by atoms with Crippen molar-refractivity contribution in [2.24, 2.45) is 5.92 Å². The fourth-order valence-corrected chi connectivity index (χ4v) is 7.97. The lowest BCUT2D eigenvalue weighted by Crippen LogP contribution is -2.23. The van der Waals surface area contributed by atoms with Gasteiger partial charge in [-0.25, -0.2) is 4.98 Å². The van der Waals surface area contributed by atoms with Crippen LogP contribution in [0.2, 0.25) is 0 Å². The molecule has 2 aromatic carbocycles. The molecule has 0 saturated heterocycles. The monoisotopic (exact) mass is 569 g/mol. The van der Waals surface area contributed by atoms with Crippen molar-refractivity contribution >= 4 is 39.1 Å². The van der Waals surface area contributed by atoms with E-state index in [1.807, 2.05) is 74.5 Å². The van der Waals surface area contributed by atoms with Crippen LogP contribution in [0.25, 0.3) is 21.6 Å². The molecule has 0 aliphatic heterocycles. The van der Waals surface area contributed by atoms with Crippen molar-refractivity contribution in [3.05, 3.63) is 98.4 Å². The first-order chi connectivity index (χ1) is 19.4. The number of rotatable bonds is 7. The maximum atomic E-state index is 14.0. The zero-order valence-electron chi connectivity index (χ0n) is 23.1. The quantitative estimate of drug-likeness (QED) is 0.120. The fourth-order valence-electron chi connectivity index (χ4n) is 5.65. The molecule has 0 unspecified atom stereocenters. The van der Waals surface area contributed by atoms with Gasteiger partial charge in [-0.3, -0.25) is 14.2 Å².